The van der Waals surface area contributed by atoms with Crippen LogP contribution < -0.4 is 0 Å². The number of unbranched alkanes of at least 4 members (excludes halogenated alkanes) is 2. The molecule has 3 nitrogen and oxygen atoms in total. The van der Waals surface area contributed by atoms with E-state index in [9.17, 15) is 13.0 Å². The first kappa shape index (κ1) is 22.6. The summed E-state index contributed by atoms with van der Waals surface area (Å²) in [5.74, 6) is 0. The Labute approximate surface area is 144 Å². The smallest absolute Gasteiger partial charge is 0.124 e. The number of aryl methyl sites for hydroxylation is 1. The molecular weight excluding hydrogens is 327 g/mol. The van der Waals surface area contributed by atoms with Crippen molar-refractivity contribution in [3.05, 3.63) is 29.8 Å². The molecule has 0 aromatic heterocycles. The SMILES string of the molecule is CCCCC[P+](CC)(CC)CC.Cc1ccc(S(=O)(=O)[O-])cc1. The Hall–Kier alpha value is -0.440. The summed E-state index contributed by atoms with van der Waals surface area (Å²) in [4.78, 5) is -0.178. The highest BCUT2D eigenvalue weighted by atomic mass is 32.2. The highest BCUT2D eigenvalue weighted by Crippen LogP contribution is 2.58. The van der Waals surface area contributed by atoms with E-state index >= 15 is 0 Å². The summed E-state index contributed by atoms with van der Waals surface area (Å²) < 4.78 is 31.2. The van der Waals surface area contributed by atoms with Crippen LogP contribution in [0, 0.1) is 6.92 Å². The van der Waals surface area contributed by atoms with Crippen molar-refractivity contribution in [2.75, 3.05) is 24.6 Å². The average Bonchev–Trinajstić information content (AvgIpc) is 2.52. The fourth-order valence-electron chi connectivity index (χ4n) is 2.55. The van der Waals surface area contributed by atoms with E-state index in [0.29, 0.717) is 0 Å². The van der Waals surface area contributed by atoms with Crippen LogP contribution in [0.2, 0.25) is 0 Å². The van der Waals surface area contributed by atoms with Gasteiger partial charge in [-0.25, -0.2) is 8.42 Å². The molecular formula is C18H33O3PS. The van der Waals surface area contributed by atoms with Crippen molar-refractivity contribution >= 4 is 17.4 Å². The van der Waals surface area contributed by atoms with Gasteiger partial charge in [0.1, 0.15) is 10.1 Å². The Kier molecular flexibility index (Phi) is 11.0. The van der Waals surface area contributed by atoms with E-state index in [1.807, 2.05) is 6.92 Å². The average molecular weight is 361 g/mol. The lowest BCUT2D eigenvalue weighted by molar-refractivity contribution is 0.463. The van der Waals surface area contributed by atoms with Gasteiger partial charge < -0.3 is 4.55 Å². The van der Waals surface area contributed by atoms with Crippen LogP contribution in [0.1, 0.15) is 52.5 Å². The van der Waals surface area contributed by atoms with Gasteiger partial charge >= 0.3 is 0 Å². The summed E-state index contributed by atoms with van der Waals surface area (Å²) in [6.07, 6.45) is 10.3. The number of hydrogen-bond acceptors (Lipinski definition) is 3. The zero-order valence-electron chi connectivity index (χ0n) is 15.3. The highest BCUT2D eigenvalue weighted by molar-refractivity contribution is 7.85. The van der Waals surface area contributed by atoms with Crippen molar-refractivity contribution in [1.29, 1.82) is 0 Å². The van der Waals surface area contributed by atoms with Gasteiger partial charge in [0.15, 0.2) is 0 Å². The lowest BCUT2D eigenvalue weighted by Crippen LogP contribution is -2.07. The first-order chi connectivity index (χ1) is 10.7. The van der Waals surface area contributed by atoms with Crippen molar-refractivity contribution in [3.8, 4) is 0 Å². The maximum absolute atomic E-state index is 10.4. The lowest BCUT2D eigenvalue weighted by Gasteiger charge is -2.23. The molecule has 23 heavy (non-hydrogen) atoms. The topological polar surface area (TPSA) is 57.2 Å². The van der Waals surface area contributed by atoms with Crippen LogP contribution in [0.3, 0.4) is 0 Å². The van der Waals surface area contributed by atoms with E-state index < -0.39 is 17.4 Å². The second kappa shape index (κ2) is 11.2. The summed E-state index contributed by atoms with van der Waals surface area (Å²) in [7, 11) is -4.74. The zero-order valence-corrected chi connectivity index (χ0v) is 17.1. The van der Waals surface area contributed by atoms with Crippen molar-refractivity contribution in [2.45, 2.75) is 58.8 Å². The Morgan fingerprint density at radius 3 is 1.74 bits per heavy atom. The molecule has 5 heteroatoms. The Balaban J connectivity index is 0.000000422. The third-order valence-corrected chi connectivity index (χ3v) is 10.7. The molecule has 0 saturated carbocycles. The third-order valence-electron chi connectivity index (χ3n) is 4.56. The standard InChI is InChI=1S/C11H26P.C7H8O3S/c1-5-9-10-11-12(6-2,7-3)8-4;1-6-2-4-7(5-3-6)11(8,9)10/h5-11H2,1-4H3;2-5H,1H3,(H,8,9,10)/q+1;/p-1. The predicted molar refractivity (Wildman–Crippen MR) is 102 cm³/mol. The molecule has 0 aliphatic rings. The van der Waals surface area contributed by atoms with Crippen LogP contribution in [0.25, 0.3) is 0 Å². The van der Waals surface area contributed by atoms with Gasteiger partial charge in [0.2, 0.25) is 0 Å². The van der Waals surface area contributed by atoms with Gasteiger partial charge in [0, 0.05) is 7.26 Å². The minimum Gasteiger partial charge on any atom is -0.744 e. The molecule has 0 saturated heterocycles. The van der Waals surface area contributed by atoms with Gasteiger partial charge in [-0.2, -0.15) is 0 Å². The largest absolute Gasteiger partial charge is 0.744 e. The Bertz CT molecular complexity index is 511. The van der Waals surface area contributed by atoms with Gasteiger partial charge in [0.05, 0.1) is 29.5 Å². The van der Waals surface area contributed by atoms with E-state index in [0.717, 1.165) is 5.56 Å². The molecule has 0 aliphatic heterocycles. The molecule has 1 aromatic rings. The molecule has 0 aliphatic carbocycles. The Morgan fingerprint density at radius 2 is 1.39 bits per heavy atom. The summed E-state index contributed by atoms with van der Waals surface area (Å²) in [5, 5.41) is 0. The molecule has 0 fully saturated rings. The van der Waals surface area contributed by atoms with E-state index in [2.05, 4.69) is 27.7 Å². The van der Waals surface area contributed by atoms with E-state index in [-0.39, 0.29) is 4.90 Å². The van der Waals surface area contributed by atoms with Crippen molar-refractivity contribution in [3.63, 3.8) is 0 Å². The molecule has 0 spiro atoms. The molecule has 0 bridgehead atoms. The van der Waals surface area contributed by atoms with Crippen LogP contribution >= 0.6 is 7.26 Å². The van der Waals surface area contributed by atoms with Gasteiger partial charge in [-0.15, -0.1) is 0 Å². The fraction of sp³-hybridized carbons (Fsp3) is 0.667. The van der Waals surface area contributed by atoms with Gasteiger partial charge in [0.25, 0.3) is 0 Å². The highest BCUT2D eigenvalue weighted by Gasteiger charge is 2.29. The van der Waals surface area contributed by atoms with Gasteiger partial charge in [-0.3, -0.25) is 0 Å². The molecule has 0 heterocycles. The summed E-state index contributed by atoms with van der Waals surface area (Å²) >= 11 is 0. The molecule has 0 N–H and O–H groups in total. The quantitative estimate of drug-likeness (QED) is 0.366. The second-order valence-electron chi connectivity index (χ2n) is 5.99. The van der Waals surface area contributed by atoms with Crippen LogP contribution in [0.5, 0.6) is 0 Å². The van der Waals surface area contributed by atoms with Crippen LogP contribution in [0.15, 0.2) is 29.2 Å². The first-order valence-corrected chi connectivity index (χ1v) is 12.6. The van der Waals surface area contributed by atoms with Crippen molar-refractivity contribution in [1.82, 2.24) is 0 Å². The zero-order chi connectivity index (χ0) is 17.9. The van der Waals surface area contributed by atoms with Gasteiger partial charge in [-0.05, 0) is 46.2 Å². The van der Waals surface area contributed by atoms with Crippen molar-refractivity contribution in [2.24, 2.45) is 0 Å². The summed E-state index contributed by atoms with van der Waals surface area (Å²) in [6, 6.07) is 5.78. The van der Waals surface area contributed by atoms with Gasteiger partial charge in [-0.1, -0.05) is 37.5 Å². The normalized spacial score (nSPS) is 11.7. The lowest BCUT2D eigenvalue weighted by atomic mass is 10.2. The number of rotatable bonds is 8. The fourth-order valence-corrected chi connectivity index (χ4v) is 6.20. The minimum absolute atomic E-state index is 0.178. The maximum atomic E-state index is 10.4. The van der Waals surface area contributed by atoms with Crippen LogP contribution in [0.4, 0.5) is 0 Å². The minimum atomic E-state index is -4.27. The molecule has 0 unspecified atom stereocenters. The van der Waals surface area contributed by atoms with Crippen LogP contribution in [-0.2, 0) is 10.1 Å². The molecule has 0 atom stereocenters. The summed E-state index contributed by atoms with van der Waals surface area (Å²) in [6.45, 7) is 11.3. The number of benzene rings is 1. The molecule has 134 valence electrons. The molecule has 0 amide bonds. The Morgan fingerprint density at radius 1 is 0.913 bits per heavy atom. The predicted octanol–water partition coefficient (Wildman–Crippen LogP) is 5.15. The molecule has 0 radical (unpaired) electrons. The molecule has 1 rings (SSSR count). The molecule has 1 aromatic carbocycles. The summed E-state index contributed by atoms with van der Waals surface area (Å²) in [5.41, 5.74) is 0.928. The number of hydrogen-bond donors (Lipinski definition) is 0. The second-order valence-corrected chi connectivity index (χ2v) is 12.4. The van der Waals surface area contributed by atoms with Crippen LogP contribution in [-0.4, -0.2) is 37.6 Å². The first-order valence-electron chi connectivity index (χ1n) is 8.62. The van der Waals surface area contributed by atoms with Crippen molar-refractivity contribution < 1.29 is 13.0 Å². The van der Waals surface area contributed by atoms with E-state index in [1.165, 1.54) is 49.9 Å². The third kappa shape index (κ3) is 8.83. The maximum Gasteiger partial charge on any atom is 0.124 e. The monoisotopic (exact) mass is 360 g/mol. The van der Waals surface area contributed by atoms with E-state index in [1.54, 1.807) is 18.3 Å². The van der Waals surface area contributed by atoms with E-state index in [4.69, 9.17) is 0 Å².